The van der Waals surface area contributed by atoms with Crippen molar-refractivity contribution in [3.05, 3.63) is 29.8 Å². The number of hydrogen-bond acceptors (Lipinski definition) is 2. The van der Waals surface area contributed by atoms with E-state index < -0.39 is 6.36 Å². The Labute approximate surface area is 117 Å². The van der Waals surface area contributed by atoms with Gasteiger partial charge in [0.15, 0.2) is 0 Å². The van der Waals surface area contributed by atoms with Crippen molar-refractivity contribution in [2.24, 2.45) is 0 Å². The maximum Gasteiger partial charge on any atom is 0.573 e. The van der Waals surface area contributed by atoms with E-state index in [1.807, 2.05) is 6.07 Å². The minimum absolute atomic E-state index is 0.155. The molecule has 0 spiro atoms. The number of alkyl halides is 3. The van der Waals surface area contributed by atoms with Crippen molar-refractivity contribution in [2.45, 2.75) is 57.5 Å². The first-order valence-corrected chi connectivity index (χ1v) is 7.11. The zero-order chi connectivity index (χ0) is 14.4. The van der Waals surface area contributed by atoms with Crippen molar-refractivity contribution >= 4 is 0 Å². The molecule has 0 atom stereocenters. The summed E-state index contributed by atoms with van der Waals surface area (Å²) in [7, 11) is 0. The van der Waals surface area contributed by atoms with Gasteiger partial charge >= 0.3 is 6.36 Å². The van der Waals surface area contributed by atoms with Crippen molar-refractivity contribution in [1.82, 2.24) is 5.32 Å². The second-order valence-electron chi connectivity index (χ2n) is 5.26. The van der Waals surface area contributed by atoms with E-state index in [4.69, 9.17) is 0 Å². The molecule has 5 heteroatoms. The molecule has 0 aromatic heterocycles. The second kappa shape index (κ2) is 6.97. The van der Waals surface area contributed by atoms with E-state index >= 15 is 0 Å². The third-order valence-corrected chi connectivity index (χ3v) is 3.58. The van der Waals surface area contributed by atoms with Gasteiger partial charge in [-0.25, -0.2) is 0 Å². The summed E-state index contributed by atoms with van der Waals surface area (Å²) >= 11 is 0. The smallest absolute Gasteiger partial charge is 0.406 e. The molecule has 112 valence electrons. The van der Waals surface area contributed by atoms with Crippen LogP contribution in [0.1, 0.15) is 44.1 Å². The van der Waals surface area contributed by atoms with Gasteiger partial charge in [-0.2, -0.15) is 0 Å². The third-order valence-electron chi connectivity index (χ3n) is 3.58. The van der Waals surface area contributed by atoms with Crippen LogP contribution in [0.25, 0.3) is 0 Å². The fraction of sp³-hybridized carbons (Fsp3) is 0.600. The highest BCUT2D eigenvalue weighted by atomic mass is 19.4. The average Bonchev–Trinajstić information content (AvgIpc) is 2.63. The fourth-order valence-electron chi connectivity index (χ4n) is 2.60. The lowest BCUT2D eigenvalue weighted by molar-refractivity contribution is -0.274. The lowest BCUT2D eigenvalue weighted by Gasteiger charge is -2.16. The topological polar surface area (TPSA) is 21.3 Å². The van der Waals surface area contributed by atoms with Crippen LogP contribution in [0.4, 0.5) is 13.2 Å². The minimum atomic E-state index is -4.63. The second-order valence-corrected chi connectivity index (χ2v) is 5.26. The number of halogens is 3. The standard InChI is InChI=1S/C15H20F3NO/c16-15(17,18)20-14-9-5-6-12(10-14)11-19-13-7-3-1-2-4-8-13/h5-6,9-10,13,19H,1-4,7-8,11H2. The summed E-state index contributed by atoms with van der Waals surface area (Å²) in [6.45, 7) is 0.583. The van der Waals surface area contributed by atoms with Gasteiger partial charge in [0.1, 0.15) is 5.75 Å². The van der Waals surface area contributed by atoms with E-state index in [2.05, 4.69) is 10.1 Å². The molecule has 1 aliphatic carbocycles. The number of ether oxygens (including phenoxy) is 1. The van der Waals surface area contributed by atoms with Gasteiger partial charge in [-0.3, -0.25) is 0 Å². The Morgan fingerprint density at radius 2 is 1.80 bits per heavy atom. The maximum atomic E-state index is 12.2. The Balaban J connectivity index is 1.87. The molecule has 2 nitrogen and oxygen atoms in total. The zero-order valence-electron chi connectivity index (χ0n) is 11.4. The molecule has 0 unspecified atom stereocenters. The van der Waals surface area contributed by atoms with Crippen LogP contribution in [0, 0.1) is 0 Å². The Morgan fingerprint density at radius 3 is 2.45 bits per heavy atom. The molecule has 1 saturated carbocycles. The maximum absolute atomic E-state index is 12.2. The summed E-state index contributed by atoms with van der Waals surface area (Å²) in [5, 5.41) is 3.43. The summed E-state index contributed by atoms with van der Waals surface area (Å²) in [5.74, 6) is -0.155. The quantitative estimate of drug-likeness (QED) is 0.829. The Kier molecular flexibility index (Phi) is 5.29. The summed E-state index contributed by atoms with van der Waals surface area (Å²) in [6.07, 6.45) is 2.70. The molecular formula is C15H20F3NO. The van der Waals surface area contributed by atoms with E-state index in [-0.39, 0.29) is 5.75 Å². The Bertz CT molecular complexity index is 412. The molecule has 1 aromatic rings. The summed E-state index contributed by atoms with van der Waals surface area (Å²) in [4.78, 5) is 0. The van der Waals surface area contributed by atoms with E-state index in [0.717, 1.165) is 18.4 Å². The number of rotatable bonds is 4. The largest absolute Gasteiger partial charge is 0.573 e. The summed E-state index contributed by atoms with van der Waals surface area (Å²) in [6, 6.07) is 6.64. The van der Waals surface area contributed by atoms with E-state index in [9.17, 15) is 13.2 Å². The van der Waals surface area contributed by atoms with Crippen LogP contribution in [-0.2, 0) is 6.54 Å². The van der Waals surface area contributed by atoms with Crippen LogP contribution < -0.4 is 10.1 Å². The highest BCUT2D eigenvalue weighted by molar-refractivity contribution is 5.28. The molecule has 0 radical (unpaired) electrons. The molecule has 2 rings (SSSR count). The van der Waals surface area contributed by atoms with Crippen molar-refractivity contribution in [1.29, 1.82) is 0 Å². The molecule has 0 heterocycles. The van der Waals surface area contributed by atoms with Crippen LogP contribution in [-0.4, -0.2) is 12.4 Å². The monoisotopic (exact) mass is 287 g/mol. The van der Waals surface area contributed by atoms with Gasteiger partial charge in [-0.15, -0.1) is 13.2 Å². The van der Waals surface area contributed by atoms with Gasteiger partial charge in [0, 0.05) is 12.6 Å². The molecule has 0 saturated heterocycles. The first kappa shape index (κ1) is 15.2. The van der Waals surface area contributed by atoms with Gasteiger partial charge in [0.25, 0.3) is 0 Å². The molecule has 20 heavy (non-hydrogen) atoms. The van der Waals surface area contributed by atoms with Gasteiger partial charge in [-0.05, 0) is 30.5 Å². The van der Waals surface area contributed by atoms with E-state index in [1.54, 1.807) is 6.07 Å². The van der Waals surface area contributed by atoms with Crippen LogP contribution in [0.5, 0.6) is 5.75 Å². The van der Waals surface area contributed by atoms with Crippen LogP contribution >= 0.6 is 0 Å². The number of nitrogens with one attached hydrogen (secondary N) is 1. The van der Waals surface area contributed by atoms with Gasteiger partial charge in [0.2, 0.25) is 0 Å². The molecule has 1 aliphatic rings. The van der Waals surface area contributed by atoms with Crippen molar-refractivity contribution in [3.8, 4) is 5.75 Å². The van der Waals surface area contributed by atoms with Crippen LogP contribution in [0.3, 0.4) is 0 Å². The van der Waals surface area contributed by atoms with Crippen molar-refractivity contribution < 1.29 is 17.9 Å². The summed E-state index contributed by atoms with van der Waals surface area (Å²) < 4.78 is 40.4. The van der Waals surface area contributed by atoms with Gasteiger partial charge < -0.3 is 10.1 Å². The minimum Gasteiger partial charge on any atom is -0.406 e. The molecule has 1 fully saturated rings. The number of benzene rings is 1. The molecule has 0 aliphatic heterocycles. The fourth-order valence-corrected chi connectivity index (χ4v) is 2.60. The lowest BCUT2D eigenvalue weighted by Crippen LogP contribution is -2.27. The normalized spacial score (nSPS) is 17.8. The predicted octanol–water partition coefficient (Wildman–Crippen LogP) is 4.40. The van der Waals surface area contributed by atoms with Crippen molar-refractivity contribution in [2.75, 3.05) is 0 Å². The first-order valence-electron chi connectivity index (χ1n) is 7.11. The molecular weight excluding hydrogens is 267 g/mol. The van der Waals surface area contributed by atoms with Gasteiger partial charge in [0.05, 0.1) is 0 Å². The molecule has 0 amide bonds. The lowest BCUT2D eigenvalue weighted by atomic mass is 10.1. The van der Waals surface area contributed by atoms with Crippen molar-refractivity contribution in [3.63, 3.8) is 0 Å². The first-order chi connectivity index (χ1) is 9.53. The van der Waals surface area contributed by atoms with E-state index in [0.29, 0.717) is 12.6 Å². The molecule has 1 aromatic carbocycles. The summed E-state index contributed by atoms with van der Waals surface area (Å²) in [5.41, 5.74) is 0.816. The van der Waals surface area contributed by atoms with E-state index in [1.165, 1.54) is 37.8 Å². The zero-order valence-corrected chi connectivity index (χ0v) is 11.4. The highest BCUT2D eigenvalue weighted by Gasteiger charge is 2.31. The Morgan fingerprint density at radius 1 is 1.10 bits per heavy atom. The molecule has 0 bridgehead atoms. The Hall–Kier alpha value is -1.23. The third kappa shape index (κ3) is 5.41. The number of hydrogen-bond donors (Lipinski definition) is 1. The molecule has 1 N–H and O–H groups in total. The SMILES string of the molecule is FC(F)(F)Oc1cccc(CNC2CCCCCC2)c1. The average molecular weight is 287 g/mol. The van der Waals surface area contributed by atoms with Gasteiger partial charge in [-0.1, -0.05) is 37.8 Å². The predicted molar refractivity (Wildman–Crippen MR) is 71.5 cm³/mol. The van der Waals surface area contributed by atoms with Crippen LogP contribution in [0.15, 0.2) is 24.3 Å². The van der Waals surface area contributed by atoms with Crippen LogP contribution in [0.2, 0.25) is 0 Å². The highest BCUT2D eigenvalue weighted by Crippen LogP contribution is 2.23.